The molecule has 7 nitrogen and oxygen atoms in total. The van der Waals surface area contributed by atoms with E-state index < -0.39 is 28.8 Å². The number of rotatable bonds is 5. The van der Waals surface area contributed by atoms with Gasteiger partial charge in [0.25, 0.3) is 5.91 Å². The predicted octanol–water partition coefficient (Wildman–Crippen LogP) is 2.34. The summed E-state index contributed by atoms with van der Waals surface area (Å²) in [5.41, 5.74) is 1.23. The quantitative estimate of drug-likeness (QED) is 0.778. The number of ether oxygens (including phenoxy) is 1. The second-order valence-corrected chi connectivity index (χ2v) is 7.88. The highest BCUT2D eigenvalue weighted by Gasteiger charge is 2.32. The van der Waals surface area contributed by atoms with Crippen LogP contribution in [0.25, 0.3) is 0 Å². The average molecular weight is 400 g/mol. The van der Waals surface area contributed by atoms with Gasteiger partial charge in [0.15, 0.2) is 6.10 Å². The van der Waals surface area contributed by atoms with E-state index in [0.29, 0.717) is 22.0 Å². The second-order valence-electron chi connectivity index (χ2n) is 6.17. The summed E-state index contributed by atoms with van der Waals surface area (Å²) in [4.78, 5) is 39.0. The van der Waals surface area contributed by atoms with E-state index in [2.05, 4.69) is 5.32 Å². The number of hydrogen-bond acceptors (Lipinski definition) is 5. The summed E-state index contributed by atoms with van der Waals surface area (Å²) >= 11 is 0. The summed E-state index contributed by atoms with van der Waals surface area (Å²) in [6, 6.07) is 13.4. The zero-order valence-electron chi connectivity index (χ0n) is 15.5. The Kier molecular flexibility index (Phi) is 5.89. The minimum atomic E-state index is -1.34. The van der Waals surface area contributed by atoms with Gasteiger partial charge in [0.1, 0.15) is 6.54 Å². The van der Waals surface area contributed by atoms with E-state index in [1.165, 1.54) is 17.9 Å². The lowest BCUT2D eigenvalue weighted by Gasteiger charge is -2.30. The molecule has 3 rings (SSSR count). The number of fused-ring (bicyclic) bond motifs is 1. The van der Waals surface area contributed by atoms with Crippen LogP contribution in [-0.4, -0.2) is 40.4 Å². The monoisotopic (exact) mass is 400 g/mol. The number of anilines is 2. The SMILES string of the molecule is CC[S@](=O)c1ccccc1C(=O)O[C@H](C)C(=O)N1CC(=O)Nc2ccccc21. The van der Waals surface area contributed by atoms with Gasteiger partial charge in [-0.15, -0.1) is 0 Å². The van der Waals surface area contributed by atoms with E-state index in [0.717, 1.165) is 0 Å². The molecule has 2 amide bonds. The van der Waals surface area contributed by atoms with Crippen LogP contribution in [0.3, 0.4) is 0 Å². The van der Waals surface area contributed by atoms with Crippen LogP contribution in [0.1, 0.15) is 24.2 Å². The van der Waals surface area contributed by atoms with Crippen molar-refractivity contribution in [2.75, 3.05) is 22.5 Å². The lowest BCUT2D eigenvalue weighted by Crippen LogP contribution is -2.47. The smallest absolute Gasteiger partial charge is 0.340 e. The first kappa shape index (κ1) is 19.8. The molecule has 0 saturated carbocycles. The van der Waals surface area contributed by atoms with Crippen LogP contribution in [0.15, 0.2) is 53.4 Å². The molecule has 1 aliphatic rings. The maximum absolute atomic E-state index is 12.9. The van der Waals surface area contributed by atoms with Crippen LogP contribution in [0.5, 0.6) is 0 Å². The van der Waals surface area contributed by atoms with Crippen molar-refractivity contribution >= 4 is 40.0 Å². The Balaban J connectivity index is 1.80. The van der Waals surface area contributed by atoms with E-state index in [-0.39, 0.29) is 18.0 Å². The number of carbonyl (C=O) groups excluding carboxylic acids is 3. The largest absolute Gasteiger partial charge is 0.449 e. The van der Waals surface area contributed by atoms with Gasteiger partial charge in [-0.3, -0.25) is 18.7 Å². The van der Waals surface area contributed by atoms with Crippen LogP contribution in [0, 0.1) is 0 Å². The molecule has 146 valence electrons. The molecule has 0 saturated heterocycles. The third-order valence-corrected chi connectivity index (χ3v) is 5.65. The minimum Gasteiger partial charge on any atom is -0.449 e. The number of nitrogens with zero attached hydrogens (tertiary/aromatic N) is 1. The van der Waals surface area contributed by atoms with E-state index >= 15 is 0 Å². The Morgan fingerprint density at radius 3 is 2.61 bits per heavy atom. The van der Waals surface area contributed by atoms with Gasteiger partial charge in [-0.2, -0.15) is 0 Å². The van der Waals surface area contributed by atoms with E-state index in [1.54, 1.807) is 49.4 Å². The molecule has 1 aliphatic heterocycles. The lowest BCUT2D eigenvalue weighted by molar-refractivity contribution is -0.128. The molecule has 0 fully saturated rings. The first-order chi connectivity index (χ1) is 13.4. The fourth-order valence-corrected chi connectivity index (χ4v) is 3.85. The van der Waals surface area contributed by atoms with E-state index in [4.69, 9.17) is 4.74 Å². The van der Waals surface area contributed by atoms with Crippen LogP contribution in [-0.2, 0) is 25.1 Å². The summed E-state index contributed by atoms with van der Waals surface area (Å²) in [5, 5.41) is 2.70. The standard InChI is InChI=1S/C20H20N2O5S/c1-3-28(26)17-11-7-4-8-14(17)20(25)27-13(2)19(24)22-12-18(23)21-15-9-5-6-10-16(15)22/h4-11,13H,3,12H2,1-2H3,(H,21,23)/t13-,28+/m1/s1. The van der Waals surface area contributed by atoms with E-state index in [1.807, 2.05) is 0 Å². The van der Waals surface area contributed by atoms with Crippen molar-refractivity contribution in [1.82, 2.24) is 0 Å². The van der Waals surface area contributed by atoms with Gasteiger partial charge in [-0.05, 0) is 31.2 Å². The first-order valence-electron chi connectivity index (χ1n) is 8.81. The average Bonchev–Trinajstić information content (AvgIpc) is 2.71. The molecule has 28 heavy (non-hydrogen) atoms. The number of amides is 2. The molecule has 8 heteroatoms. The molecule has 2 atom stereocenters. The predicted molar refractivity (Wildman–Crippen MR) is 106 cm³/mol. The van der Waals surface area contributed by atoms with Crippen molar-refractivity contribution < 1.29 is 23.3 Å². The van der Waals surface area contributed by atoms with E-state index in [9.17, 15) is 18.6 Å². The molecule has 0 spiro atoms. The summed E-state index contributed by atoms with van der Waals surface area (Å²) < 4.78 is 17.5. The summed E-state index contributed by atoms with van der Waals surface area (Å²) in [5.74, 6) is -1.20. The fraction of sp³-hybridized carbons (Fsp3) is 0.250. The summed E-state index contributed by atoms with van der Waals surface area (Å²) in [6.45, 7) is 3.05. The fourth-order valence-electron chi connectivity index (χ4n) is 2.91. The number of carbonyl (C=O) groups is 3. The van der Waals surface area contributed by atoms with Gasteiger partial charge < -0.3 is 10.1 Å². The summed E-state index contributed by atoms with van der Waals surface area (Å²) in [7, 11) is -1.34. The number of para-hydroxylation sites is 2. The zero-order valence-corrected chi connectivity index (χ0v) is 16.3. The second kappa shape index (κ2) is 8.35. The van der Waals surface area contributed by atoms with Crippen LogP contribution >= 0.6 is 0 Å². The number of benzene rings is 2. The van der Waals surface area contributed by atoms with Gasteiger partial charge in [0.05, 0.1) is 32.6 Å². The molecule has 0 aromatic heterocycles. The van der Waals surface area contributed by atoms with Crippen molar-refractivity contribution in [3.63, 3.8) is 0 Å². The highest BCUT2D eigenvalue weighted by Crippen LogP contribution is 2.29. The molecule has 0 unspecified atom stereocenters. The summed E-state index contributed by atoms with van der Waals surface area (Å²) in [6.07, 6.45) is -1.12. The van der Waals surface area contributed by atoms with Crippen molar-refractivity contribution in [2.24, 2.45) is 0 Å². The van der Waals surface area contributed by atoms with Crippen molar-refractivity contribution in [1.29, 1.82) is 0 Å². The molecular formula is C20H20N2O5S. The maximum atomic E-state index is 12.9. The van der Waals surface area contributed by atoms with Gasteiger partial charge >= 0.3 is 5.97 Å². The Labute approximate surface area is 165 Å². The molecule has 0 bridgehead atoms. The van der Waals surface area contributed by atoms with Crippen molar-refractivity contribution in [3.8, 4) is 0 Å². The van der Waals surface area contributed by atoms with Gasteiger partial charge in [-0.25, -0.2) is 4.79 Å². The van der Waals surface area contributed by atoms with Gasteiger partial charge in [0, 0.05) is 5.75 Å². The Bertz CT molecular complexity index is 959. The van der Waals surface area contributed by atoms with Crippen molar-refractivity contribution in [2.45, 2.75) is 24.8 Å². The maximum Gasteiger partial charge on any atom is 0.340 e. The first-order valence-corrected chi connectivity index (χ1v) is 10.1. The van der Waals surface area contributed by atoms with Gasteiger partial charge in [0.2, 0.25) is 5.91 Å². The lowest BCUT2D eigenvalue weighted by atomic mass is 10.1. The molecular weight excluding hydrogens is 380 g/mol. The molecule has 0 radical (unpaired) electrons. The molecule has 2 aromatic rings. The third-order valence-electron chi connectivity index (χ3n) is 4.28. The van der Waals surface area contributed by atoms with Crippen LogP contribution < -0.4 is 10.2 Å². The van der Waals surface area contributed by atoms with Crippen molar-refractivity contribution in [3.05, 3.63) is 54.1 Å². The molecule has 1 N–H and O–H groups in total. The highest BCUT2D eigenvalue weighted by molar-refractivity contribution is 7.85. The normalized spacial score (nSPS) is 15.2. The highest BCUT2D eigenvalue weighted by atomic mass is 32.2. The topological polar surface area (TPSA) is 92.8 Å². The molecule has 1 heterocycles. The number of hydrogen-bond donors (Lipinski definition) is 1. The zero-order chi connectivity index (χ0) is 20.3. The van der Waals surface area contributed by atoms with Gasteiger partial charge in [-0.1, -0.05) is 31.2 Å². The van der Waals surface area contributed by atoms with Crippen LogP contribution in [0.2, 0.25) is 0 Å². The Hall–Kier alpha value is -3.00. The molecule has 0 aliphatic carbocycles. The minimum absolute atomic E-state index is 0.159. The van der Waals surface area contributed by atoms with Crippen LogP contribution in [0.4, 0.5) is 11.4 Å². The molecule has 2 aromatic carbocycles. The number of nitrogens with one attached hydrogen (secondary N) is 1. The third kappa shape index (κ3) is 3.96. The Morgan fingerprint density at radius 2 is 1.86 bits per heavy atom. The Morgan fingerprint density at radius 1 is 1.18 bits per heavy atom. The number of esters is 1.